The molecular weight excluding hydrogens is 366 g/mol. The highest BCUT2D eigenvalue weighted by Crippen LogP contribution is 2.27. The van der Waals surface area contributed by atoms with Crippen LogP contribution in [0.4, 0.5) is 0 Å². The number of halogens is 1. The highest BCUT2D eigenvalue weighted by molar-refractivity contribution is 6.33. The van der Waals surface area contributed by atoms with E-state index >= 15 is 0 Å². The summed E-state index contributed by atoms with van der Waals surface area (Å²) in [6.45, 7) is 1.92. The second kappa shape index (κ2) is 6.37. The quantitative estimate of drug-likeness (QED) is 0.570. The van der Waals surface area contributed by atoms with Gasteiger partial charge in [-0.1, -0.05) is 35.9 Å². The van der Waals surface area contributed by atoms with Crippen molar-refractivity contribution in [1.82, 2.24) is 19.5 Å². The van der Waals surface area contributed by atoms with Crippen LogP contribution in [0.1, 0.15) is 16.1 Å². The average Bonchev–Trinajstić information content (AvgIpc) is 2.96. The van der Waals surface area contributed by atoms with Crippen molar-refractivity contribution >= 4 is 28.7 Å². The monoisotopic (exact) mass is 379 g/mol. The van der Waals surface area contributed by atoms with Gasteiger partial charge in [-0.25, -0.2) is 19.3 Å². The number of amides is 1. The molecule has 0 saturated carbocycles. The van der Waals surface area contributed by atoms with Gasteiger partial charge >= 0.3 is 5.69 Å². The molecule has 0 saturated heterocycles. The Morgan fingerprint density at radius 1 is 1.15 bits per heavy atom. The van der Waals surface area contributed by atoms with Gasteiger partial charge < -0.3 is 10.7 Å². The molecule has 0 aliphatic heterocycles. The lowest BCUT2D eigenvalue weighted by molar-refractivity contribution is 0.0997. The average molecular weight is 380 g/mol. The largest absolute Gasteiger partial charge is 0.364 e. The molecule has 2 aromatic carbocycles. The van der Waals surface area contributed by atoms with Gasteiger partial charge in [0.2, 0.25) is 0 Å². The van der Waals surface area contributed by atoms with Crippen LogP contribution in [0.3, 0.4) is 0 Å². The number of hydrogen-bond acceptors (Lipinski definition) is 4. The number of primary amides is 1. The van der Waals surface area contributed by atoms with Crippen molar-refractivity contribution in [2.24, 2.45) is 5.73 Å². The van der Waals surface area contributed by atoms with Crippen LogP contribution in [-0.2, 0) is 0 Å². The van der Waals surface area contributed by atoms with Crippen molar-refractivity contribution in [3.63, 3.8) is 0 Å². The number of nitrogens with one attached hydrogen (secondary N) is 1. The lowest BCUT2D eigenvalue weighted by Crippen LogP contribution is -2.15. The Bertz CT molecular complexity index is 1260. The van der Waals surface area contributed by atoms with E-state index in [1.165, 1.54) is 4.57 Å². The second-order valence-corrected chi connectivity index (χ2v) is 6.45. The first kappa shape index (κ1) is 17.0. The second-order valence-electron chi connectivity index (χ2n) is 6.04. The van der Waals surface area contributed by atoms with Gasteiger partial charge in [-0.15, -0.1) is 0 Å². The van der Waals surface area contributed by atoms with Gasteiger partial charge in [0.25, 0.3) is 5.91 Å². The zero-order chi connectivity index (χ0) is 19.1. The Kier molecular flexibility index (Phi) is 4.01. The Morgan fingerprint density at radius 3 is 2.63 bits per heavy atom. The van der Waals surface area contributed by atoms with Gasteiger partial charge in [-0.3, -0.25) is 4.79 Å². The van der Waals surface area contributed by atoms with E-state index in [2.05, 4.69) is 15.0 Å². The molecule has 0 unspecified atom stereocenters. The normalized spacial score (nSPS) is 11.0. The number of imidazole rings is 1. The molecule has 134 valence electrons. The third-order valence-electron chi connectivity index (χ3n) is 4.14. The smallest absolute Gasteiger partial charge is 0.332 e. The molecule has 0 spiro atoms. The van der Waals surface area contributed by atoms with Crippen molar-refractivity contribution in [3.05, 3.63) is 75.3 Å². The summed E-state index contributed by atoms with van der Waals surface area (Å²) in [6.07, 6.45) is 0. The first-order valence-corrected chi connectivity index (χ1v) is 8.48. The molecule has 2 aromatic heterocycles. The summed E-state index contributed by atoms with van der Waals surface area (Å²) in [4.78, 5) is 35.9. The van der Waals surface area contributed by atoms with Crippen LogP contribution >= 0.6 is 11.6 Å². The zero-order valence-corrected chi connectivity index (χ0v) is 15.0. The number of benzene rings is 2. The van der Waals surface area contributed by atoms with Crippen LogP contribution in [0.2, 0.25) is 5.02 Å². The van der Waals surface area contributed by atoms with E-state index in [0.29, 0.717) is 16.3 Å². The number of aryl methyl sites for hydroxylation is 1. The third-order valence-corrected chi connectivity index (χ3v) is 4.47. The van der Waals surface area contributed by atoms with Crippen molar-refractivity contribution in [2.45, 2.75) is 6.92 Å². The maximum Gasteiger partial charge on any atom is 0.332 e. The minimum atomic E-state index is -0.770. The highest BCUT2D eigenvalue weighted by atomic mass is 35.5. The lowest BCUT2D eigenvalue weighted by Gasteiger charge is -2.08. The Labute approximate surface area is 158 Å². The van der Waals surface area contributed by atoms with Gasteiger partial charge in [0.1, 0.15) is 5.52 Å². The maximum absolute atomic E-state index is 12.6. The number of H-pyrrole nitrogens is 1. The van der Waals surface area contributed by atoms with Crippen molar-refractivity contribution in [3.8, 4) is 17.1 Å². The molecule has 7 nitrogen and oxygen atoms in total. The standard InChI is InChI=1S/C19H14ClN5O2/c1-10-5-4-6-11(9-10)25-18-15(23-19(25)27)14(16(21)26)22-17(24-18)12-7-2-3-8-13(12)20/h2-9H,1H3,(H2,21,26)(H,23,27). The molecule has 8 heteroatoms. The van der Waals surface area contributed by atoms with Gasteiger partial charge in [0.15, 0.2) is 17.2 Å². The van der Waals surface area contributed by atoms with Crippen molar-refractivity contribution in [2.75, 3.05) is 0 Å². The molecule has 4 rings (SSSR count). The van der Waals surface area contributed by atoms with E-state index in [4.69, 9.17) is 17.3 Å². The van der Waals surface area contributed by atoms with Crippen LogP contribution in [-0.4, -0.2) is 25.4 Å². The van der Waals surface area contributed by atoms with Crippen LogP contribution in [0, 0.1) is 6.92 Å². The molecule has 0 fully saturated rings. The van der Waals surface area contributed by atoms with E-state index in [1.807, 2.05) is 25.1 Å². The summed E-state index contributed by atoms with van der Waals surface area (Å²) < 4.78 is 1.39. The maximum atomic E-state index is 12.6. The number of aromatic amines is 1. The molecule has 3 N–H and O–H groups in total. The van der Waals surface area contributed by atoms with E-state index < -0.39 is 11.6 Å². The number of carbonyl (C=O) groups is 1. The highest BCUT2D eigenvalue weighted by Gasteiger charge is 2.20. The van der Waals surface area contributed by atoms with Crippen LogP contribution < -0.4 is 11.4 Å². The number of nitrogens with zero attached hydrogens (tertiary/aromatic N) is 3. The summed E-state index contributed by atoms with van der Waals surface area (Å²) in [7, 11) is 0. The van der Waals surface area contributed by atoms with Crippen LogP contribution in [0.25, 0.3) is 28.2 Å². The SMILES string of the molecule is Cc1cccc(-n2c(=O)[nH]c3c(C(N)=O)nc(-c4ccccc4Cl)nc32)c1. The van der Waals surface area contributed by atoms with Crippen LogP contribution in [0.5, 0.6) is 0 Å². The number of rotatable bonds is 3. The molecule has 2 heterocycles. The molecule has 4 aromatic rings. The molecule has 27 heavy (non-hydrogen) atoms. The fraction of sp³-hybridized carbons (Fsp3) is 0.0526. The number of carbonyl (C=O) groups excluding carboxylic acids is 1. The number of aromatic nitrogens is 4. The van der Waals surface area contributed by atoms with Crippen molar-refractivity contribution < 1.29 is 4.79 Å². The minimum absolute atomic E-state index is 0.0709. The van der Waals surface area contributed by atoms with E-state index in [-0.39, 0.29) is 22.7 Å². The molecular formula is C19H14ClN5O2. The fourth-order valence-corrected chi connectivity index (χ4v) is 3.15. The first-order chi connectivity index (χ1) is 13.0. The summed E-state index contributed by atoms with van der Waals surface area (Å²) in [5, 5.41) is 0.423. The molecule has 0 bridgehead atoms. The predicted molar refractivity (Wildman–Crippen MR) is 103 cm³/mol. The Balaban J connectivity index is 2.10. The Morgan fingerprint density at radius 2 is 1.93 bits per heavy atom. The molecule has 0 radical (unpaired) electrons. The summed E-state index contributed by atoms with van der Waals surface area (Å²) >= 11 is 6.25. The van der Waals surface area contributed by atoms with Crippen molar-refractivity contribution in [1.29, 1.82) is 0 Å². The topological polar surface area (TPSA) is 107 Å². The summed E-state index contributed by atoms with van der Waals surface area (Å²) in [5.74, 6) is -0.560. The number of hydrogen-bond donors (Lipinski definition) is 2. The third kappa shape index (κ3) is 2.88. The van der Waals surface area contributed by atoms with Gasteiger partial charge in [-0.2, -0.15) is 0 Å². The summed E-state index contributed by atoms with van der Waals surface area (Å²) in [6, 6.07) is 14.4. The predicted octanol–water partition coefficient (Wildman–Crippen LogP) is 2.84. The molecule has 0 aliphatic rings. The lowest BCUT2D eigenvalue weighted by atomic mass is 10.2. The molecule has 1 amide bonds. The minimum Gasteiger partial charge on any atom is -0.364 e. The van der Waals surface area contributed by atoms with E-state index in [1.54, 1.807) is 30.3 Å². The molecule has 0 aliphatic carbocycles. The molecule has 0 atom stereocenters. The number of nitrogens with two attached hydrogens (primary N) is 1. The van der Waals surface area contributed by atoms with Gasteiger partial charge in [0, 0.05) is 5.56 Å². The zero-order valence-electron chi connectivity index (χ0n) is 14.2. The first-order valence-electron chi connectivity index (χ1n) is 8.10. The van der Waals surface area contributed by atoms with Gasteiger partial charge in [0.05, 0.1) is 10.7 Å². The summed E-state index contributed by atoms with van der Waals surface area (Å²) in [5.41, 5.74) is 7.55. The number of fused-ring (bicyclic) bond motifs is 1. The van der Waals surface area contributed by atoms with E-state index in [9.17, 15) is 9.59 Å². The fourth-order valence-electron chi connectivity index (χ4n) is 2.93. The van der Waals surface area contributed by atoms with E-state index in [0.717, 1.165) is 5.56 Å². The van der Waals surface area contributed by atoms with Crippen LogP contribution in [0.15, 0.2) is 53.3 Å². The van der Waals surface area contributed by atoms with Gasteiger partial charge in [-0.05, 0) is 36.8 Å². The Hall–Kier alpha value is -3.45.